The Morgan fingerprint density at radius 1 is 1.57 bits per heavy atom. The standard InChI is InChI=1S/C8H7BrN2O2S/c9-6-2-1-4(11-8(10)14)3-5(6)7(12)13/h1-3H,(H,12,13)(H3,10,11,14). The Bertz CT molecular complexity index is 395. The first-order valence-electron chi connectivity index (χ1n) is 3.60. The van der Waals surface area contributed by atoms with Crippen LogP contribution in [0.15, 0.2) is 22.7 Å². The monoisotopic (exact) mass is 274 g/mol. The van der Waals surface area contributed by atoms with E-state index in [1.165, 1.54) is 6.07 Å². The van der Waals surface area contributed by atoms with Crippen molar-refractivity contribution in [3.63, 3.8) is 0 Å². The lowest BCUT2D eigenvalue weighted by molar-refractivity contribution is 0.0696. The Morgan fingerprint density at radius 3 is 2.71 bits per heavy atom. The molecule has 1 rings (SSSR count). The van der Waals surface area contributed by atoms with Crippen molar-refractivity contribution in [2.24, 2.45) is 5.73 Å². The van der Waals surface area contributed by atoms with E-state index in [1.54, 1.807) is 12.1 Å². The van der Waals surface area contributed by atoms with Gasteiger partial charge in [0, 0.05) is 10.2 Å². The molecule has 4 nitrogen and oxygen atoms in total. The van der Waals surface area contributed by atoms with Crippen molar-refractivity contribution in [1.29, 1.82) is 0 Å². The van der Waals surface area contributed by atoms with Gasteiger partial charge in [-0.15, -0.1) is 0 Å². The Morgan fingerprint density at radius 2 is 2.21 bits per heavy atom. The minimum Gasteiger partial charge on any atom is -0.478 e. The lowest BCUT2D eigenvalue weighted by Crippen LogP contribution is -2.19. The molecule has 4 N–H and O–H groups in total. The summed E-state index contributed by atoms with van der Waals surface area (Å²) in [4.78, 5) is 10.7. The summed E-state index contributed by atoms with van der Waals surface area (Å²) in [6.07, 6.45) is 0. The fraction of sp³-hybridized carbons (Fsp3) is 0. The van der Waals surface area contributed by atoms with Crippen LogP contribution in [0.1, 0.15) is 10.4 Å². The second-order valence-corrected chi connectivity index (χ2v) is 3.78. The summed E-state index contributed by atoms with van der Waals surface area (Å²) >= 11 is 7.75. The van der Waals surface area contributed by atoms with Crippen LogP contribution in [0, 0.1) is 0 Å². The summed E-state index contributed by atoms with van der Waals surface area (Å²) in [6.45, 7) is 0. The number of nitrogens with two attached hydrogens (primary N) is 1. The maximum Gasteiger partial charge on any atom is 0.336 e. The Labute approximate surface area is 94.2 Å². The van der Waals surface area contributed by atoms with Gasteiger partial charge in [-0.2, -0.15) is 0 Å². The number of thiocarbonyl (C=S) groups is 1. The highest BCUT2D eigenvalue weighted by molar-refractivity contribution is 9.10. The molecule has 14 heavy (non-hydrogen) atoms. The van der Waals surface area contributed by atoms with E-state index >= 15 is 0 Å². The quantitative estimate of drug-likeness (QED) is 0.718. The molecule has 0 saturated carbocycles. The number of benzene rings is 1. The molecule has 1 aromatic carbocycles. The number of carboxylic acid groups (broad SMARTS) is 1. The maximum absolute atomic E-state index is 10.7. The number of carboxylic acids is 1. The van der Waals surface area contributed by atoms with Gasteiger partial charge in [0.05, 0.1) is 5.56 Å². The second kappa shape index (κ2) is 4.39. The highest BCUT2D eigenvalue weighted by atomic mass is 79.9. The highest BCUT2D eigenvalue weighted by Gasteiger charge is 2.08. The predicted octanol–water partition coefficient (Wildman–Crippen LogP) is 1.80. The van der Waals surface area contributed by atoms with Gasteiger partial charge in [0.15, 0.2) is 5.11 Å². The second-order valence-electron chi connectivity index (χ2n) is 2.49. The van der Waals surface area contributed by atoms with Gasteiger partial charge in [0.25, 0.3) is 0 Å². The van der Waals surface area contributed by atoms with Crippen LogP contribution in [0.3, 0.4) is 0 Å². The van der Waals surface area contributed by atoms with Crippen LogP contribution in [0.4, 0.5) is 5.69 Å². The maximum atomic E-state index is 10.7. The average Bonchev–Trinajstić information content (AvgIpc) is 2.07. The molecule has 0 radical (unpaired) electrons. The van der Waals surface area contributed by atoms with Crippen molar-refractivity contribution in [2.45, 2.75) is 0 Å². The van der Waals surface area contributed by atoms with Crippen LogP contribution in [0.5, 0.6) is 0 Å². The SMILES string of the molecule is NC(=S)Nc1ccc(Br)c(C(=O)O)c1. The topological polar surface area (TPSA) is 75.3 Å². The van der Waals surface area contributed by atoms with Gasteiger partial charge in [-0.05, 0) is 46.3 Å². The number of rotatable bonds is 2. The first-order valence-corrected chi connectivity index (χ1v) is 4.80. The van der Waals surface area contributed by atoms with E-state index in [-0.39, 0.29) is 10.7 Å². The lowest BCUT2D eigenvalue weighted by atomic mass is 10.2. The summed E-state index contributed by atoms with van der Waals surface area (Å²) in [5.41, 5.74) is 5.96. The van der Waals surface area contributed by atoms with E-state index in [0.29, 0.717) is 10.2 Å². The van der Waals surface area contributed by atoms with Gasteiger partial charge < -0.3 is 16.2 Å². The fourth-order valence-corrected chi connectivity index (χ4v) is 1.44. The number of hydrogen-bond donors (Lipinski definition) is 3. The molecule has 0 spiro atoms. The van der Waals surface area contributed by atoms with Gasteiger partial charge in [-0.1, -0.05) is 0 Å². The van der Waals surface area contributed by atoms with Crippen LogP contribution in [-0.4, -0.2) is 16.2 Å². The van der Waals surface area contributed by atoms with Gasteiger partial charge in [-0.3, -0.25) is 0 Å². The number of hydrogen-bond acceptors (Lipinski definition) is 2. The van der Waals surface area contributed by atoms with Crippen molar-refractivity contribution in [3.05, 3.63) is 28.2 Å². The molecule has 1 aromatic rings. The Kier molecular flexibility index (Phi) is 3.43. The molecule has 0 aliphatic rings. The molecule has 0 bridgehead atoms. The predicted molar refractivity (Wildman–Crippen MR) is 61.5 cm³/mol. The molecule has 0 heterocycles. The number of nitrogens with one attached hydrogen (secondary N) is 1. The van der Waals surface area contributed by atoms with Gasteiger partial charge in [0.1, 0.15) is 0 Å². The summed E-state index contributed by atoms with van der Waals surface area (Å²) in [5.74, 6) is -1.01. The number of halogens is 1. The van der Waals surface area contributed by atoms with E-state index in [9.17, 15) is 4.79 Å². The summed E-state index contributed by atoms with van der Waals surface area (Å²) in [6, 6.07) is 4.74. The molecule has 0 aromatic heterocycles. The van der Waals surface area contributed by atoms with Crippen LogP contribution >= 0.6 is 28.1 Å². The smallest absolute Gasteiger partial charge is 0.336 e. The summed E-state index contributed by atoms with van der Waals surface area (Å²) < 4.78 is 0.512. The van der Waals surface area contributed by atoms with Crippen molar-refractivity contribution >= 4 is 44.9 Å². The van der Waals surface area contributed by atoms with Gasteiger partial charge in [0.2, 0.25) is 0 Å². The van der Waals surface area contributed by atoms with Crippen LogP contribution < -0.4 is 11.1 Å². The van der Waals surface area contributed by atoms with E-state index in [1.807, 2.05) is 0 Å². The van der Waals surface area contributed by atoms with E-state index in [4.69, 9.17) is 10.8 Å². The van der Waals surface area contributed by atoms with Gasteiger partial charge >= 0.3 is 5.97 Å². The van der Waals surface area contributed by atoms with Crippen molar-refractivity contribution in [1.82, 2.24) is 0 Å². The van der Waals surface area contributed by atoms with Gasteiger partial charge in [-0.25, -0.2) is 4.79 Å². The highest BCUT2D eigenvalue weighted by Crippen LogP contribution is 2.20. The molecule has 0 aliphatic carbocycles. The first kappa shape index (κ1) is 10.9. The zero-order valence-electron chi connectivity index (χ0n) is 6.95. The summed E-state index contributed by atoms with van der Waals surface area (Å²) in [7, 11) is 0. The molecular weight excluding hydrogens is 268 g/mol. The third-order valence-corrected chi connectivity index (χ3v) is 2.26. The zero-order chi connectivity index (χ0) is 10.7. The molecule has 0 saturated heterocycles. The third-order valence-electron chi connectivity index (χ3n) is 1.46. The molecule has 0 unspecified atom stereocenters. The number of carbonyl (C=O) groups is 1. The largest absolute Gasteiger partial charge is 0.478 e. The minimum atomic E-state index is -1.01. The molecule has 0 fully saturated rings. The molecular formula is C8H7BrN2O2S. The fourth-order valence-electron chi connectivity index (χ4n) is 0.909. The molecule has 0 amide bonds. The minimum absolute atomic E-state index is 0.101. The molecule has 6 heteroatoms. The van der Waals surface area contributed by atoms with Crippen LogP contribution in [0.25, 0.3) is 0 Å². The van der Waals surface area contributed by atoms with Crippen molar-refractivity contribution in [3.8, 4) is 0 Å². The number of aromatic carboxylic acids is 1. The van der Waals surface area contributed by atoms with E-state index in [2.05, 4.69) is 33.5 Å². The summed E-state index contributed by atoms with van der Waals surface area (Å²) in [5, 5.41) is 11.6. The lowest BCUT2D eigenvalue weighted by Gasteiger charge is -2.05. The van der Waals surface area contributed by atoms with E-state index < -0.39 is 5.97 Å². The molecule has 0 atom stereocenters. The Hall–Kier alpha value is -1.14. The first-order chi connectivity index (χ1) is 6.50. The van der Waals surface area contributed by atoms with Crippen molar-refractivity contribution in [2.75, 3.05) is 5.32 Å². The third kappa shape index (κ3) is 2.68. The van der Waals surface area contributed by atoms with Crippen LogP contribution in [-0.2, 0) is 0 Å². The zero-order valence-corrected chi connectivity index (χ0v) is 9.35. The van der Waals surface area contributed by atoms with Crippen LogP contribution in [0.2, 0.25) is 0 Å². The molecule has 74 valence electrons. The molecule has 0 aliphatic heterocycles. The average molecular weight is 275 g/mol. The van der Waals surface area contributed by atoms with E-state index in [0.717, 1.165) is 0 Å². The van der Waals surface area contributed by atoms with Crippen molar-refractivity contribution < 1.29 is 9.90 Å². The Balaban J connectivity index is 3.06. The number of anilines is 1. The normalized spacial score (nSPS) is 9.50.